The van der Waals surface area contributed by atoms with Gasteiger partial charge in [0.1, 0.15) is 11.7 Å². The smallest absolute Gasteiger partial charge is 0.143 e. The van der Waals surface area contributed by atoms with Crippen LogP contribution in [-0.4, -0.2) is 11.7 Å². The molecule has 0 aliphatic heterocycles. The minimum absolute atomic E-state index is 0.0683. The maximum atomic E-state index is 9.63. The lowest BCUT2D eigenvalue weighted by atomic mass is 10.1. The highest BCUT2D eigenvalue weighted by atomic mass is 15.5. The second-order valence-electron chi connectivity index (χ2n) is 8.02. The van der Waals surface area contributed by atoms with Crippen LogP contribution in [0.1, 0.15) is 35.1 Å². The van der Waals surface area contributed by atoms with E-state index in [0.717, 1.165) is 39.3 Å². The lowest BCUT2D eigenvalue weighted by Gasteiger charge is -2.27. The van der Waals surface area contributed by atoms with Gasteiger partial charge in [-0.25, -0.2) is 15.0 Å². The van der Waals surface area contributed by atoms with Crippen LogP contribution in [0.25, 0.3) is 0 Å². The lowest BCUT2D eigenvalue weighted by Crippen LogP contribution is -2.46. The van der Waals surface area contributed by atoms with E-state index in [1.165, 1.54) is 0 Å². The molecule has 34 heavy (non-hydrogen) atoms. The first-order chi connectivity index (χ1) is 16.4. The molecule has 0 saturated heterocycles. The Morgan fingerprint density at radius 1 is 0.706 bits per heavy atom. The van der Waals surface area contributed by atoms with Crippen LogP contribution < -0.4 is 10.4 Å². The maximum absolute atomic E-state index is 9.63. The highest BCUT2D eigenvalue weighted by Gasteiger charge is 2.18. The molecule has 0 saturated carbocycles. The lowest BCUT2D eigenvalue weighted by molar-refractivity contribution is 0.928. The van der Waals surface area contributed by atoms with Crippen LogP contribution in [0.5, 0.6) is 0 Å². The second kappa shape index (κ2) is 11.4. The maximum Gasteiger partial charge on any atom is 0.143 e. The predicted molar refractivity (Wildman–Crippen MR) is 139 cm³/mol. The minimum Gasteiger partial charge on any atom is -0.278 e. The molecule has 0 heterocycles. The SMILES string of the molecule is Cc1cccc(C)c1N=C(CC#N)NN(C(CC#N)=Nc1c(C)cccc1C)c1ccccc1. The van der Waals surface area contributed by atoms with Crippen LogP contribution in [-0.2, 0) is 0 Å². The third-order valence-corrected chi connectivity index (χ3v) is 5.36. The molecule has 3 aromatic rings. The van der Waals surface area contributed by atoms with Crippen molar-refractivity contribution in [1.82, 2.24) is 5.43 Å². The fourth-order valence-electron chi connectivity index (χ4n) is 3.63. The molecule has 6 heteroatoms. The van der Waals surface area contributed by atoms with E-state index in [-0.39, 0.29) is 12.8 Å². The number of hydrogen-bond donors (Lipinski definition) is 1. The molecule has 3 rings (SSSR count). The van der Waals surface area contributed by atoms with Gasteiger partial charge in [-0.3, -0.25) is 5.43 Å². The first-order valence-electron chi connectivity index (χ1n) is 11.1. The van der Waals surface area contributed by atoms with Crippen molar-refractivity contribution in [3.05, 3.63) is 89.0 Å². The van der Waals surface area contributed by atoms with Gasteiger partial charge in [-0.2, -0.15) is 10.5 Å². The summed E-state index contributed by atoms with van der Waals surface area (Å²) in [5, 5.41) is 20.9. The summed E-state index contributed by atoms with van der Waals surface area (Å²) in [5.41, 5.74) is 9.80. The number of hydrazine groups is 1. The molecule has 3 aromatic carbocycles. The zero-order chi connectivity index (χ0) is 24.5. The molecule has 0 aliphatic carbocycles. The number of benzene rings is 3. The number of anilines is 1. The Labute approximate surface area is 201 Å². The summed E-state index contributed by atoms with van der Waals surface area (Å²) in [7, 11) is 0. The average molecular weight is 449 g/mol. The number of nitriles is 2. The van der Waals surface area contributed by atoms with E-state index in [4.69, 9.17) is 9.98 Å². The Kier molecular flexibility index (Phi) is 8.16. The van der Waals surface area contributed by atoms with Crippen molar-refractivity contribution in [2.24, 2.45) is 9.98 Å². The normalized spacial score (nSPS) is 11.5. The predicted octanol–water partition coefficient (Wildman–Crippen LogP) is 6.52. The Morgan fingerprint density at radius 3 is 1.71 bits per heavy atom. The van der Waals surface area contributed by atoms with Crippen molar-refractivity contribution in [3.63, 3.8) is 0 Å². The summed E-state index contributed by atoms with van der Waals surface area (Å²) in [6, 6.07) is 26.0. The van der Waals surface area contributed by atoms with E-state index in [2.05, 4.69) is 17.6 Å². The first kappa shape index (κ1) is 24.2. The molecular weight excluding hydrogens is 420 g/mol. The quantitative estimate of drug-likeness (QED) is 0.273. The largest absolute Gasteiger partial charge is 0.278 e. The van der Waals surface area contributed by atoms with Crippen LogP contribution in [0.4, 0.5) is 17.1 Å². The fourth-order valence-corrected chi connectivity index (χ4v) is 3.63. The zero-order valence-electron chi connectivity index (χ0n) is 20.0. The molecule has 0 aliphatic rings. The number of para-hydroxylation sites is 3. The highest BCUT2D eigenvalue weighted by molar-refractivity contribution is 6.03. The molecule has 0 unspecified atom stereocenters. The summed E-state index contributed by atoms with van der Waals surface area (Å²) >= 11 is 0. The minimum atomic E-state index is 0.0683. The number of hydrogen-bond acceptors (Lipinski definition) is 4. The molecule has 0 atom stereocenters. The van der Waals surface area contributed by atoms with Gasteiger partial charge in [0.15, 0.2) is 0 Å². The van der Waals surface area contributed by atoms with Crippen LogP contribution in [0.3, 0.4) is 0 Å². The molecule has 0 amide bonds. The van der Waals surface area contributed by atoms with Gasteiger partial charge in [-0.1, -0.05) is 54.6 Å². The summed E-state index contributed by atoms with van der Waals surface area (Å²) in [4.78, 5) is 9.70. The molecule has 6 nitrogen and oxygen atoms in total. The average Bonchev–Trinajstić information content (AvgIpc) is 2.82. The van der Waals surface area contributed by atoms with E-state index >= 15 is 0 Å². The van der Waals surface area contributed by atoms with Gasteiger partial charge in [0.2, 0.25) is 0 Å². The van der Waals surface area contributed by atoms with Gasteiger partial charge >= 0.3 is 0 Å². The summed E-state index contributed by atoms with van der Waals surface area (Å²) < 4.78 is 0. The van der Waals surface area contributed by atoms with E-state index in [0.29, 0.717) is 11.7 Å². The van der Waals surface area contributed by atoms with Crippen molar-refractivity contribution < 1.29 is 0 Å². The molecular formula is C28H28N6. The van der Waals surface area contributed by atoms with E-state index < -0.39 is 0 Å². The fraction of sp³-hybridized carbons (Fsp3) is 0.214. The van der Waals surface area contributed by atoms with Crippen LogP contribution in [0, 0.1) is 50.4 Å². The van der Waals surface area contributed by atoms with Crippen LogP contribution >= 0.6 is 0 Å². The second-order valence-corrected chi connectivity index (χ2v) is 8.02. The van der Waals surface area contributed by atoms with Gasteiger partial charge in [-0.05, 0) is 62.1 Å². The first-order valence-corrected chi connectivity index (χ1v) is 11.1. The van der Waals surface area contributed by atoms with Crippen LogP contribution in [0.2, 0.25) is 0 Å². The molecule has 0 radical (unpaired) electrons. The molecule has 170 valence electrons. The Hall–Kier alpha value is -4.42. The Bertz CT molecular complexity index is 1250. The van der Waals surface area contributed by atoms with Gasteiger partial charge in [-0.15, -0.1) is 0 Å². The van der Waals surface area contributed by atoms with Gasteiger partial charge < -0.3 is 0 Å². The van der Waals surface area contributed by atoms with Gasteiger partial charge in [0.05, 0.1) is 42.0 Å². The van der Waals surface area contributed by atoms with Crippen molar-refractivity contribution in [1.29, 1.82) is 10.5 Å². The number of nitrogens with zero attached hydrogens (tertiary/aromatic N) is 5. The molecule has 0 bridgehead atoms. The molecule has 0 spiro atoms. The van der Waals surface area contributed by atoms with Crippen LogP contribution in [0.15, 0.2) is 76.7 Å². The number of aryl methyl sites for hydroxylation is 4. The van der Waals surface area contributed by atoms with Crippen molar-refractivity contribution in [2.45, 2.75) is 40.5 Å². The van der Waals surface area contributed by atoms with E-state index in [9.17, 15) is 10.5 Å². The summed E-state index contributed by atoms with van der Waals surface area (Å²) in [6.45, 7) is 7.99. The van der Waals surface area contributed by atoms with E-state index in [1.807, 2.05) is 94.4 Å². The van der Waals surface area contributed by atoms with Crippen molar-refractivity contribution in [3.8, 4) is 12.1 Å². The number of aliphatic imine (C=N–C) groups is 2. The molecule has 1 N–H and O–H groups in total. The topological polar surface area (TPSA) is 87.6 Å². The van der Waals surface area contributed by atoms with Gasteiger partial charge in [0.25, 0.3) is 0 Å². The van der Waals surface area contributed by atoms with Crippen molar-refractivity contribution in [2.75, 3.05) is 5.01 Å². The van der Waals surface area contributed by atoms with Gasteiger partial charge in [0, 0.05) is 0 Å². The standard InChI is InChI=1S/C28H28N6/c1-20-10-8-11-21(2)27(20)31-25(16-18-29)33-34(24-14-6-5-7-15-24)26(17-19-30)32-28-22(3)12-9-13-23(28)4/h5-15H,16-17H2,1-4H3,(H,31,33). The Morgan fingerprint density at radius 2 is 1.21 bits per heavy atom. The zero-order valence-corrected chi connectivity index (χ0v) is 20.0. The number of nitrogens with one attached hydrogen (secondary N) is 1. The van der Waals surface area contributed by atoms with Crippen molar-refractivity contribution >= 4 is 28.7 Å². The Balaban J connectivity index is 2.15. The highest BCUT2D eigenvalue weighted by Crippen LogP contribution is 2.26. The third kappa shape index (κ3) is 5.88. The third-order valence-electron chi connectivity index (χ3n) is 5.36. The summed E-state index contributed by atoms with van der Waals surface area (Å²) in [6.07, 6.45) is 0.138. The number of rotatable bonds is 5. The molecule has 0 aromatic heterocycles. The monoisotopic (exact) mass is 448 g/mol. The summed E-state index contributed by atoms with van der Waals surface area (Å²) in [5.74, 6) is 0.981. The molecule has 0 fully saturated rings. The van der Waals surface area contributed by atoms with E-state index in [1.54, 1.807) is 5.01 Å². The number of amidine groups is 2.